The number of nitrogens with two attached hydrogens (primary N) is 1. The number of fused-ring (bicyclic) bond motifs is 1. The van der Waals surface area contributed by atoms with Crippen molar-refractivity contribution in [2.75, 3.05) is 6.61 Å². The molecule has 5 nitrogen and oxygen atoms in total. The summed E-state index contributed by atoms with van der Waals surface area (Å²) in [5, 5.41) is 3.10. The highest BCUT2D eigenvalue weighted by Crippen LogP contribution is 2.35. The minimum atomic E-state index is -0.545. The first-order chi connectivity index (χ1) is 12.1. The molecule has 1 aliphatic carbocycles. The summed E-state index contributed by atoms with van der Waals surface area (Å²) in [5.41, 5.74) is 8.13. The Balaban J connectivity index is 1.55. The molecule has 0 radical (unpaired) electrons. The Hall–Kier alpha value is -2.82. The molecule has 2 atom stereocenters. The van der Waals surface area contributed by atoms with Crippen molar-refractivity contribution in [2.45, 2.75) is 25.8 Å². The van der Waals surface area contributed by atoms with E-state index in [9.17, 15) is 9.59 Å². The van der Waals surface area contributed by atoms with E-state index in [2.05, 4.69) is 24.4 Å². The van der Waals surface area contributed by atoms with Crippen molar-refractivity contribution >= 4 is 11.8 Å². The smallest absolute Gasteiger partial charge is 0.252 e. The lowest BCUT2D eigenvalue weighted by molar-refractivity contribution is -0.122. The van der Waals surface area contributed by atoms with E-state index in [1.807, 2.05) is 12.1 Å². The third-order valence-corrected chi connectivity index (χ3v) is 4.56. The lowest BCUT2D eigenvalue weighted by Gasteiger charge is -2.19. The van der Waals surface area contributed by atoms with Gasteiger partial charge in [0.15, 0.2) is 0 Å². The molecule has 0 spiro atoms. The second-order valence-corrected chi connectivity index (χ2v) is 6.38. The number of para-hydroxylation sites is 1. The first-order valence-corrected chi connectivity index (χ1v) is 8.45. The molecule has 2 aromatic carbocycles. The number of hydrogen-bond donors (Lipinski definition) is 2. The molecule has 0 bridgehead atoms. The number of hydrogen-bond acceptors (Lipinski definition) is 3. The molecule has 2 aromatic rings. The van der Waals surface area contributed by atoms with Crippen LogP contribution in [0.15, 0.2) is 48.5 Å². The number of carbonyl (C=O) groups is 2. The molecule has 5 heteroatoms. The summed E-state index contributed by atoms with van der Waals surface area (Å²) < 4.78 is 5.57. The van der Waals surface area contributed by atoms with E-state index in [1.54, 1.807) is 24.3 Å². The summed E-state index contributed by atoms with van der Waals surface area (Å²) in [6.07, 6.45) is 1.20. The molecule has 0 saturated heterocycles. The van der Waals surface area contributed by atoms with Crippen LogP contribution in [-0.2, 0) is 11.2 Å². The maximum absolute atomic E-state index is 12.3. The predicted octanol–water partition coefficient (Wildman–Crippen LogP) is 2.60. The summed E-state index contributed by atoms with van der Waals surface area (Å²) in [6, 6.07) is 15.0. The van der Waals surface area contributed by atoms with Gasteiger partial charge in [-0.05, 0) is 35.6 Å². The van der Waals surface area contributed by atoms with Gasteiger partial charge in [-0.3, -0.25) is 9.59 Å². The Labute approximate surface area is 147 Å². The van der Waals surface area contributed by atoms with Crippen LogP contribution < -0.4 is 15.8 Å². The first kappa shape index (κ1) is 17.0. The largest absolute Gasteiger partial charge is 0.492 e. The monoisotopic (exact) mass is 338 g/mol. The normalized spacial score (nSPS) is 18.4. The molecule has 1 aliphatic rings. The van der Waals surface area contributed by atoms with Crippen molar-refractivity contribution in [3.8, 4) is 5.75 Å². The standard InChI is InChI=1S/C20H22N2O3/c1-13-12-14-6-2-3-7-15(14)19(13)22-18(23)10-11-25-17-9-5-4-8-16(17)20(21)24/h2-9,13,19H,10-12H2,1H3,(H2,21,24)(H,22,23). The third kappa shape index (κ3) is 3.82. The van der Waals surface area contributed by atoms with Crippen molar-refractivity contribution in [1.29, 1.82) is 0 Å². The van der Waals surface area contributed by atoms with Crippen molar-refractivity contribution < 1.29 is 14.3 Å². The Bertz CT molecular complexity index is 788. The second kappa shape index (κ2) is 7.38. The number of nitrogens with one attached hydrogen (secondary N) is 1. The Morgan fingerprint density at radius 3 is 2.68 bits per heavy atom. The zero-order valence-corrected chi connectivity index (χ0v) is 14.2. The average Bonchev–Trinajstić information content (AvgIpc) is 2.91. The Morgan fingerprint density at radius 2 is 1.88 bits per heavy atom. The van der Waals surface area contributed by atoms with Gasteiger partial charge in [0.05, 0.1) is 24.6 Å². The van der Waals surface area contributed by atoms with Crippen LogP contribution in [0, 0.1) is 5.92 Å². The predicted molar refractivity (Wildman–Crippen MR) is 95.3 cm³/mol. The quantitative estimate of drug-likeness (QED) is 0.849. The molecule has 0 saturated carbocycles. The van der Waals surface area contributed by atoms with Gasteiger partial charge in [0.2, 0.25) is 5.91 Å². The Kier molecular flexibility index (Phi) is 5.03. The fraction of sp³-hybridized carbons (Fsp3) is 0.300. The van der Waals surface area contributed by atoms with E-state index in [4.69, 9.17) is 10.5 Å². The second-order valence-electron chi connectivity index (χ2n) is 6.38. The highest BCUT2D eigenvalue weighted by atomic mass is 16.5. The van der Waals surface area contributed by atoms with Crippen LogP contribution in [0.2, 0.25) is 0 Å². The minimum Gasteiger partial charge on any atom is -0.492 e. The van der Waals surface area contributed by atoms with Crippen molar-refractivity contribution in [1.82, 2.24) is 5.32 Å². The molecule has 0 fully saturated rings. The molecule has 0 aliphatic heterocycles. The lowest BCUT2D eigenvalue weighted by Crippen LogP contribution is -2.31. The summed E-state index contributed by atoms with van der Waals surface area (Å²) in [4.78, 5) is 23.6. The number of amides is 2. The summed E-state index contributed by atoms with van der Waals surface area (Å²) >= 11 is 0. The van der Waals surface area contributed by atoms with Crippen LogP contribution in [0.4, 0.5) is 0 Å². The fourth-order valence-electron chi connectivity index (χ4n) is 3.31. The maximum Gasteiger partial charge on any atom is 0.252 e. The van der Waals surface area contributed by atoms with Crippen molar-refractivity contribution in [3.63, 3.8) is 0 Å². The molecule has 0 heterocycles. The number of carbonyl (C=O) groups excluding carboxylic acids is 2. The molecule has 25 heavy (non-hydrogen) atoms. The number of primary amides is 1. The summed E-state index contributed by atoms with van der Waals surface area (Å²) in [6.45, 7) is 2.34. The highest BCUT2D eigenvalue weighted by molar-refractivity contribution is 5.95. The van der Waals surface area contributed by atoms with Crippen LogP contribution in [-0.4, -0.2) is 18.4 Å². The number of benzene rings is 2. The zero-order valence-electron chi connectivity index (χ0n) is 14.2. The van der Waals surface area contributed by atoms with Crippen LogP contribution >= 0.6 is 0 Å². The molecule has 3 N–H and O–H groups in total. The van der Waals surface area contributed by atoms with Gasteiger partial charge in [-0.1, -0.05) is 43.3 Å². The van der Waals surface area contributed by atoms with Crippen molar-refractivity contribution in [3.05, 3.63) is 65.2 Å². The first-order valence-electron chi connectivity index (χ1n) is 8.45. The number of rotatable bonds is 6. The average molecular weight is 338 g/mol. The van der Waals surface area contributed by atoms with Crippen molar-refractivity contribution in [2.24, 2.45) is 11.7 Å². The Morgan fingerprint density at radius 1 is 1.16 bits per heavy atom. The van der Waals surface area contributed by atoms with Crippen LogP contribution in [0.1, 0.15) is 40.9 Å². The zero-order chi connectivity index (χ0) is 17.8. The molecule has 2 unspecified atom stereocenters. The topological polar surface area (TPSA) is 81.4 Å². The number of ether oxygens (including phenoxy) is 1. The highest BCUT2D eigenvalue weighted by Gasteiger charge is 2.29. The van der Waals surface area contributed by atoms with E-state index >= 15 is 0 Å². The van der Waals surface area contributed by atoms with E-state index in [0.717, 1.165) is 6.42 Å². The van der Waals surface area contributed by atoms with E-state index in [1.165, 1.54) is 11.1 Å². The van der Waals surface area contributed by atoms with Crippen LogP contribution in [0.3, 0.4) is 0 Å². The van der Waals surface area contributed by atoms with Crippen LogP contribution in [0.5, 0.6) is 5.75 Å². The van der Waals surface area contributed by atoms with Gasteiger partial charge in [-0.2, -0.15) is 0 Å². The van der Waals surface area contributed by atoms with Gasteiger partial charge in [-0.25, -0.2) is 0 Å². The molecule has 130 valence electrons. The molecule has 0 aromatic heterocycles. The molecular formula is C20H22N2O3. The van der Waals surface area contributed by atoms with Gasteiger partial charge < -0.3 is 15.8 Å². The van der Waals surface area contributed by atoms with Crippen LogP contribution in [0.25, 0.3) is 0 Å². The van der Waals surface area contributed by atoms with E-state index < -0.39 is 5.91 Å². The third-order valence-electron chi connectivity index (χ3n) is 4.56. The molecule has 2 amide bonds. The summed E-state index contributed by atoms with van der Waals surface area (Å²) in [5.74, 6) is 0.168. The van der Waals surface area contributed by atoms with Gasteiger partial charge in [-0.15, -0.1) is 0 Å². The minimum absolute atomic E-state index is 0.0432. The van der Waals surface area contributed by atoms with E-state index in [-0.39, 0.29) is 25.0 Å². The lowest BCUT2D eigenvalue weighted by atomic mass is 10.0. The van der Waals surface area contributed by atoms with Gasteiger partial charge in [0, 0.05) is 0 Å². The SMILES string of the molecule is CC1Cc2ccccc2C1NC(=O)CCOc1ccccc1C(N)=O. The maximum atomic E-state index is 12.3. The van der Waals surface area contributed by atoms with E-state index in [0.29, 0.717) is 17.2 Å². The van der Waals surface area contributed by atoms with Gasteiger partial charge >= 0.3 is 0 Å². The summed E-state index contributed by atoms with van der Waals surface area (Å²) in [7, 11) is 0. The molecule has 3 rings (SSSR count). The van der Waals surface area contributed by atoms with Gasteiger partial charge in [0.1, 0.15) is 5.75 Å². The van der Waals surface area contributed by atoms with Gasteiger partial charge in [0.25, 0.3) is 5.91 Å². The molecular weight excluding hydrogens is 316 g/mol. The fourth-order valence-corrected chi connectivity index (χ4v) is 3.31.